The fraction of sp³-hybridized carbons (Fsp3) is 0.211. The first-order chi connectivity index (χ1) is 12.6. The van der Waals surface area contributed by atoms with Crippen molar-refractivity contribution in [3.8, 4) is 0 Å². The van der Waals surface area contributed by atoms with E-state index in [1.807, 2.05) is 29.3 Å². The highest BCUT2D eigenvalue weighted by Crippen LogP contribution is 2.26. The summed E-state index contributed by atoms with van der Waals surface area (Å²) in [6.45, 7) is 2.92. The van der Waals surface area contributed by atoms with Crippen molar-refractivity contribution < 1.29 is 14.6 Å². The van der Waals surface area contributed by atoms with Crippen molar-refractivity contribution in [2.24, 2.45) is 0 Å². The zero-order valence-electron chi connectivity index (χ0n) is 14.1. The molecule has 0 bridgehead atoms. The van der Waals surface area contributed by atoms with E-state index in [0.717, 1.165) is 18.9 Å². The molecule has 0 saturated carbocycles. The molecule has 6 nitrogen and oxygen atoms in total. The number of pyridine rings is 1. The number of carbonyl (C=O) groups is 2. The summed E-state index contributed by atoms with van der Waals surface area (Å²) < 4.78 is 0. The summed E-state index contributed by atoms with van der Waals surface area (Å²) in [5.41, 5.74) is 0.995. The van der Waals surface area contributed by atoms with Gasteiger partial charge in [-0.3, -0.25) is 14.5 Å². The zero-order chi connectivity index (χ0) is 18.1. The number of H-pyrrole nitrogens is 1. The number of hydrogen-bond acceptors (Lipinski definition) is 4. The summed E-state index contributed by atoms with van der Waals surface area (Å²) in [4.78, 5) is 33.8. The van der Waals surface area contributed by atoms with Gasteiger partial charge in [-0.05, 0) is 30.3 Å². The third-order valence-electron chi connectivity index (χ3n) is 4.64. The quantitative estimate of drug-likeness (QED) is 0.773. The predicted molar refractivity (Wildman–Crippen MR) is 98.8 cm³/mol. The number of carbonyl (C=O) groups excluding carboxylic acids is 2. The van der Waals surface area contributed by atoms with Crippen LogP contribution in [-0.2, 0) is 9.59 Å². The number of aromatic nitrogens is 1. The molecule has 0 unspecified atom stereocenters. The van der Waals surface area contributed by atoms with Gasteiger partial charge in [-0.1, -0.05) is 17.7 Å². The van der Waals surface area contributed by atoms with E-state index >= 15 is 0 Å². The van der Waals surface area contributed by atoms with E-state index < -0.39 is 0 Å². The lowest BCUT2D eigenvalue weighted by Crippen LogP contribution is -2.48. The molecule has 2 aliphatic heterocycles. The van der Waals surface area contributed by atoms with Crippen molar-refractivity contribution in [3.63, 3.8) is 0 Å². The third-order valence-corrected chi connectivity index (χ3v) is 4.89. The van der Waals surface area contributed by atoms with Crippen molar-refractivity contribution >= 4 is 34.9 Å². The maximum Gasteiger partial charge on any atom is 0.281 e. The van der Waals surface area contributed by atoms with Gasteiger partial charge in [0.25, 0.3) is 17.6 Å². The Bertz CT molecular complexity index is 859. The molecule has 2 amide bonds. The summed E-state index contributed by atoms with van der Waals surface area (Å²) in [5.74, 6) is 0.459. The minimum absolute atomic E-state index is 0.281. The third kappa shape index (κ3) is 3.04. The Morgan fingerprint density at radius 2 is 1.58 bits per heavy atom. The fourth-order valence-corrected chi connectivity index (χ4v) is 3.41. The van der Waals surface area contributed by atoms with Crippen LogP contribution in [0.5, 0.6) is 0 Å². The van der Waals surface area contributed by atoms with E-state index in [-0.39, 0.29) is 11.8 Å². The van der Waals surface area contributed by atoms with E-state index in [9.17, 15) is 9.59 Å². The lowest BCUT2D eigenvalue weighted by Gasteiger charge is -2.32. The molecule has 2 aliphatic rings. The first kappa shape index (κ1) is 16.6. The Labute approximate surface area is 156 Å². The van der Waals surface area contributed by atoms with Crippen LogP contribution >= 0.6 is 11.6 Å². The van der Waals surface area contributed by atoms with Crippen molar-refractivity contribution in [3.05, 3.63) is 65.5 Å². The summed E-state index contributed by atoms with van der Waals surface area (Å²) in [5, 5.41) is 0.565. The van der Waals surface area contributed by atoms with Crippen LogP contribution in [0.15, 0.2) is 60.4 Å². The molecule has 7 heteroatoms. The van der Waals surface area contributed by atoms with Crippen molar-refractivity contribution in [1.82, 2.24) is 4.90 Å². The van der Waals surface area contributed by atoms with E-state index in [1.54, 1.807) is 24.3 Å². The van der Waals surface area contributed by atoms with Crippen LogP contribution in [0.2, 0.25) is 5.02 Å². The number of rotatable bonds is 3. The van der Waals surface area contributed by atoms with Gasteiger partial charge >= 0.3 is 0 Å². The first-order valence-electron chi connectivity index (χ1n) is 8.46. The number of benzene rings is 1. The number of halogens is 1. The summed E-state index contributed by atoms with van der Waals surface area (Å²) in [6, 6.07) is 12.7. The molecule has 3 heterocycles. The van der Waals surface area contributed by atoms with Crippen LogP contribution < -0.4 is 14.8 Å². The SMILES string of the molecule is O=C1C=C(N2CCN(c3cccc[nH+]3)CC2)C(=O)N1c1ccc(Cl)cc1. The van der Waals surface area contributed by atoms with Crippen LogP contribution in [0.3, 0.4) is 0 Å². The Balaban J connectivity index is 1.46. The number of hydrogen-bond donors (Lipinski definition) is 0. The predicted octanol–water partition coefficient (Wildman–Crippen LogP) is 1.73. The number of piperazine rings is 1. The van der Waals surface area contributed by atoms with Gasteiger partial charge in [0, 0.05) is 17.2 Å². The van der Waals surface area contributed by atoms with E-state index in [4.69, 9.17) is 11.6 Å². The maximum absolute atomic E-state index is 12.8. The molecule has 1 aromatic carbocycles. The molecule has 0 atom stereocenters. The van der Waals surface area contributed by atoms with Crippen LogP contribution in [0, 0.1) is 0 Å². The molecule has 1 N–H and O–H groups in total. The second-order valence-electron chi connectivity index (χ2n) is 6.21. The molecule has 0 spiro atoms. The Morgan fingerprint density at radius 1 is 0.885 bits per heavy atom. The molecule has 2 aromatic rings. The monoisotopic (exact) mass is 369 g/mol. The largest absolute Gasteiger partial charge is 0.359 e. The van der Waals surface area contributed by atoms with Crippen molar-refractivity contribution in [2.45, 2.75) is 0 Å². The normalized spacial score (nSPS) is 17.7. The van der Waals surface area contributed by atoms with Gasteiger partial charge in [-0.25, -0.2) is 9.88 Å². The molecule has 4 rings (SSSR count). The van der Waals surface area contributed by atoms with Gasteiger partial charge < -0.3 is 4.90 Å². The number of nitrogens with one attached hydrogen (secondary N) is 1. The van der Waals surface area contributed by atoms with E-state index in [1.165, 1.54) is 11.0 Å². The number of imide groups is 1. The summed E-state index contributed by atoms with van der Waals surface area (Å²) >= 11 is 5.89. The molecular formula is C19H18ClN4O2+. The average molecular weight is 370 g/mol. The minimum atomic E-state index is -0.314. The van der Waals surface area contributed by atoms with Gasteiger partial charge in [-0.15, -0.1) is 0 Å². The lowest BCUT2D eigenvalue weighted by molar-refractivity contribution is -0.364. The van der Waals surface area contributed by atoms with E-state index in [0.29, 0.717) is 29.5 Å². The highest BCUT2D eigenvalue weighted by Gasteiger charge is 2.37. The van der Waals surface area contributed by atoms with Gasteiger partial charge in [0.2, 0.25) is 0 Å². The first-order valence-corrected chi connectivity index (χ1v) is 8.83. The Hall–Kier alpha value is -2.86. The highest BCUT2D eigenvalue weighted by molar-refractivity contribution is 6.32. The second-order valence-corrected chi connectivity index (χ2v) is 6.64. The number of anilines is 2. The molecule has 26 heavy (non-hydrogen) atoms. The van der Waals surface area contributed by atoms with Gasteiger partial charge in [0.05, 0.1) is 25.0 Å². The molecule has 0 radical (unpaired) electrons. The van der Waals surface area contributed by atoms with Crippen LogP contribution in [-0.4, -0.2) is 42.9 Å². The number of nitrogens with zero attached hydrogens (tertiary/aromatic N) is 3. The molecule has 0 aliphatic carbocycles. The smallest absolute Gasteiger partial charge is 0.281 e. The molecule has 1 fully saturated rings. The van der Waals surface area contributed by atoms with Gasteiger partial charge in [0.1, 0.15) is 18.8 Å². The summed E-state index contributed by atoms with van der Waals surface area (Å²) in [7, 11) is 0. The fourth-order valence-electron chi connectivity index (χ4n) is 3.29. The van der Waals surface area contributed by atoms with Crippen LogP contribution in [0.25, 0.3) is 0 Å². The minimum Gasteiger partial charge on any atom is -0.359 e. The summed E-state index contributed by atoms with van der Waals surface area (Å²) in [6.07, 6.45) is 3.33. The molecular weight excluding hydrogens is 352 g/mol. The second kappa shape index (κ2) is 6.80. The number of aromatic amines is 1. The average Bonchev–Trinajstić information content (AvgIpc) is 2.98. The molecule has 132 valence electrons. The lowest BCUT2D eigenvalue weighted by atomic mass is 10.2. The standard InChI is InChI=1S/C19H17ClN4O2/c20-14-4-6-15(7-5-14)24-18(25)13-16(19(24)26)22-9-11-23(12-10-22)17-3-1-2-8-21-17/h1-8,13H,9-12H2/p+1. The van der Waals surface area contributed by atoms with Crippen molar-refractivity contribution in [1.29, 1.82) is 0 Å². The Kier molecular flexibility index (Phi) is 4.34. The zero-order valence-corrected chi connectivity index (χ0v) is 14.8. The van der Waals surface area contributed by atoms with Crippen LogP contribution in [0.1, 0.15) is 0 Å². The van der Waals surface area contributed by atoms with Crippen LogP contribution in [0.4, 0.5) is 11.5 Å². The van der Waals surface area contributed by atoms with Crippen molar-refractivity contribution in [2.75, 3.05) is 36.0 Å². The number of amides is 2. The van der Waals surface area contributed by atoms with Gasteiger partial charge in [-0.2, -0.15) is 0 Å². The highest BCUT2D eigenvalue weighted by atomic mass is 35.5. The topological polar surface area (TPSA) is 58.0 Å². The van der Waals surface area contributed by atoms with Gasteiger partial charge in [0.15, 0.2) is 0 Å². The maximum atomic E-state index is 12.8. The molecule has 1 saturated heterocycles. The molecule has 1 aromatic heterocycles. The van der Waals surface area contributed by atoms with E-state index in [2.05, 4.69) is 9.88 Å². The Morgan fingerprint density at radius 3 is 2.23 bits per heavy atom.